The minimum absolute atomic E-state index is 0.0923. The number of carbonyl (C=O) groups excluding carboxylic acids is 1. The minimum atomic E-state index is -0.387. The van der Waals surface area contributed by atoms with E-state index in [1.807, 2.05) is 18.7 Å². The highest BCUT2D eigenvalue weighted by Crippen LogP contribution is 2.17. The van der Waals surface area contributed by atoms with E-state index in [4.69, 9.17) is 9.47 Å². The van der Waals surface area contributed by atoms with Gasteiger partial charge in [0.2, 0.25) is 0 Å². The summed E-state index contributed by atoms with van der Waals surface area (Å²) in [6, 6.07) is 0. The Hall–Kier alpha value is -0.690. The van der Waals surface area contributed by atoms with Gasteiger partial charge in [-0.15, -0.1) is 0 Å². The number of hydrogen-bond donors (Lipinski definition) is 1. The summed E-state index contributed by atoms with van der Waals surface area (Å²) in [7, 11) is 0. The fourth-order valence-corrected chi connectivity index (χ4v) is 3.24. The molecule has 2 aliphatic rings. The SMILES string of the molecule is CC(C)[C@H](OC[C@H]1CCCO1)C(=O)N1CCN(C[C@H](C)O)CC1. The summed E-state index contributed by atoms with van der Waals surface area (Å²) in [5.41, 5.74) is 0. The van der Waals surface area contributed by atoms with Crippen LogP contribution >= 0.6 is 0 Å². The summed E-state index contributed by atoms with van der Waals surface area (Å²) in [5.74, 6) is 0.245. The van der Waals surface area contributed by atoms with E-state index in [1.54, 1.807) is 6.92 Å². The van der Waals surface area contributed by atoms with Gasteiger partial charge >= 0.3 is 0 Å². The van der Waals surface area contributed by atoms with Crippen molar-refractivity contribution < 1.29 is 19.4 Å². The lowest BCUT2D eigenvalue weighted by molar-refractivity contribution is -0.151. The highest BCUT2D eigenvalue weighted by atomic mass is 16.5. The van der Waals surface area contributed by atoms with Crippen molar-refractivity contribution in [2.24, 2.45) is 5.92 Å². The molecule has 6 nitrogen and oxygen atoms in total. The van der Waals surface area contributed by atoms with Crippen molar-refractivity contribution >= 4 is 5.91 Å². The smallest absolute Gasteiger partial charge is 0.252 e. The first-order valence-electron chi connectivity index (χ1n) is 8.89. The number of β-amino-alcohol motifs (C(OH)–C–C–N with tert-alkyl or cyclic N) is 1. The molecule has 1 amide bonds. The monoisotopic (exact) mass is 328 g/mol. The summed E-state index contributed by atoms with van der Waals surface area (Å²) in [6.07, 6.45) is 1.54. The number of carbonyl (C=O) groups is 1. The molecule has 3 atom stereocenters. The van der Waals surface area contributed by atoms with Gasteiger partial charge in [0.1, 0.15) is 6.10 Å². The fourth-order valence-electron chi connectivity index (χ4n) is 3.24. The van der Waals surface area contributed by atoms with Crippen molar-refractivity contribution in [3.05, 3.63) is 0 Å². The van der Waals surface area contributed by atoms with Crippen LogP contribution < -0.4 is 0 Å². The van der Waals surface area contributed by atoms with Crippen LogP contribution in [0.4, 0.5) is 0 Å². The fraction of sp³-hybridized carbons (Fsp3) is 0.941. The highest BCUT2D eigenvalue weighted by molar-refractivity contribution is 5.81. The van der Waals surface area contributed by atoms with Gasteiger partial charge in [0.05, 0.1) is 18.8 Å². The van der Waals surface area contributed by atoms with Crippen LogP contribution in [0.1, 0.15) is 33.6 Å². The van der Waals surface area contributed by atoms with Crippen molar-refractivity contribution in [1.82, 2.24) is 9.80 Å². The van der Waals surface area contributed by atoms with Crippen LogP contribution in [0.2, 0.25) is 0 Å². The van der Waals surface area contributed by atoms with E-state index in [-0.39, 0.29) is 30.1 Å². The molecule has 0 aromatic carbocycles. The van der Waals surface area contributed by atoms with Crippen LogP contribution in [0.3, 0.4) is 0 Å². The number of hydrogen-bond acceptors (Lipinski definition) is 5. The Kier molecular flexibility index (Phi) is 7.27. The number of aliphatic hydroxyl groups is 1. The first kappa shape index (κ1) is 18.6. The van der Waals surface area contributed by atoms with E-state index >= 15 is 0 Å². The Bertz CT molecular complexity index is 362. The molecule has 0 unspecified atom stereocenters. The Balaban J connectivity index is 1.80. The lowest BCUT2D eigenvalue weighted by Crippen LogP contribution is -2.53. The van der Waals surface area contributed by atoms with Gasteiger partial charge in [0.15, 0.2) is 0 Å². The predicted octanol–water partition coefficient (Wildman–Crippen LogP) is 0.732. The molecule has 6 heteroatoms. The molecule has 134 valence electrons. The minimum Gasteiger partial charge on any atom is -0.392 e. The molecule has 2 saturated heterocycles. The number of ether oxygens (including phenoxy) is 2. The molecular formula is C17H32N2O4. The van der Waals surface area contributed by atoms with Gasteiger partial charge < -0.3 is 19.5 Å². The molecule has 2 fully saturated rings. The van der Waals surface area contributed by atoms with Gasteiger partial charge in [-0.1, -0.05) is 13.8 Å². The summed E-state index contributed by atoms with van der Waals surface area (Å²) in [4.78, 5) is 16.9. The van der Waals surface area contributed by atoms with E-state index in [1.165, 1.54) is 0 Å². The Morgan fingerprint density at radius 2 is 1.96 bits per heavy atom. The molecule has 0 radical (unpaired) electrons. The average molecular weight is 328 g/mol. The van der Waals surface area contributed by atoms with Gasteiger partial charge in [0.25, 0.3) is 5.91 Å². The zero-order valence-electron chi connectivity index (χ0n) is 14.7. The second-order valence-corrected chi connectivity index (χ2v) is 7.11. The first-order chi connectivity index (χ1) is 11.0. The lowest BCUT2D eigenvalue weighted by atomic mass is 10.1. The van der Waals surface area contributed by atoms with E-state index in [2.05, 4.69) is 4.90 Å². The zero-order valence-corrected chi connectivity index (χ0v) is 14.7. The second-order valence-electron chi connectivity index (χ2n) is 7.11. The molecule has 0 bridgehead atoms. The summed E-state index contributed by atoms with van der Waals surface area (Å²) in [6.45, 7) is 10.9. The first-order valence-corrected chi connectivity index (χ1v) is 8.89. The number of piperazine rings is 1. The maximum Gasteiger partial charge on any atom is 0.252 e. The number of aliphatic hydroxyl groups excluding tert-OH is 1. The van der Waals surface area contributed by atoms with Crippen LogP contribution in [0.25, 0.3) is 0 Å². The van der Waals surface area contributed by atoms with Crippen molar-refractivity contribution in [1.29, 1.82) is 0 Å². The summed E-state index contributed by atoms with van der Waals surface area (Å²) < 4.78 is 11.5. The highest BCUT2D eigenvalue weighted by Gasteiger charge is 2.31. The van der Waals surface area contributed by atoms with Crippen LogP contribution in [0, 0.1) is 5.92 Å². The Labute approximate surface area is 139 Å². The largest absolute Gasteiger partial charge is 0.392 e. The van der Waals surface area contributed by atoms with Crippen LogP contribution in [-0.4, -0.2) is 85.1 Å². The Morgan fingerprint density at radius 3 is 2.48 bits per heavy atom. The average Bonchev–Trinajstić information content (AvgIpc) is 3.00. The molecule has 0 aromatic rings. The molecular weight excluding hydrogens is 296 g/mol. The van der Waals surface area contributed by atoms with E-state index < -0.39 is 0 Å². The van der Waals surface area contributed by atoms with Crippen LogP contribution in [0.5, 0.6) is 0 Å². The number of rotatable bonds is 7. The van der Waals surface area contributed by atoms with E-state index in [0.29, 0.717) is 26.2 Å². The van der Waals surface area contributed by atoms with Gasteiger partial charge in [-0.3, -0.25) is 9.69 Å². The molecule has 0 aromatic heterocycles. The lowest BCUT2D eigenvalue weighted by Gasteiger charge is -2.37. The zero-order chi connectivity index (χ0) is 16.8. The van der Waals surface area contributed by atoms with E-state index in [9.17, 15) is 9.90 Å². The summed E-state index contributed by atoms with van der Waals surface area (Å²) in [5, 5.41) is 9.46. The molecule has 1 N–H and O–H groups in total. The van der Waals surface area contributed by atoms with Crippen molar-refractivity contribution in [2.75, 3.05) is 45.9 Å². The molecule has 0 spiro atoms. The number of amides is 1. The van der Waals surface area contributed by atoms with Crippen molar-refractivity contribution in [3.8, 4) is 0 Å². The van der Waals surface area contributed by atoms with Crippen LogP contribution in [-0.2, 0) is 14.3 Å². The van der Waals surface area contributed by atoms with Gasteiger partial charge in [-0.05, 0) is 25.7 Å². The molecule has 2 aliphatic heterocycles. The molecule has 0 saturated carbocycles. The van der Waals surface area contributed by atoms with Crippen LogP contribution in [0.15, 0.2) is 0 Å². The van der Waals surface area contributed by atoms with Gasteiger partial charge in [-0.25, -0.2) is 0 Å². The standard InChI is InChI=1S/C17H32N2O4/c1-13(2)16(23-12-15-5-4-10-22-15)17(21)19-8-6-18(7-9-19)11-14(3)20/h13-16,20H,4-12H2,1-3H3/t14-,15+,16-/m0/s1. The van der Waals surface area contributed by atoms with Crippen molar-refractivity contribution in [3.63, 3.8) is 0 Å². The van der Waals surface area contributed by atoms with Crippen molar-refractivity contribution in [2.45, 2.75) is 51.9 Å². The number of nitrogens with zero attached hydrogens (tertiary/aromatic N) is 2. The van der Waals surface area contributed by atoms with E-state index in [0.717, 1.165) is 32.5 Å². The third kappa shape index (κ3) is 5.71. The third-order valence-corrected chi connectivity index (χ3v) is 4.54. The Morgan fingerprint density at radius 1 is 1.26 bits per heavy atom. The molecule has 0 aliphatic carbocycles. The maximum absolute atomic E-state index is 12.8. The second kappa shape index (κ2) is 8.97. The van der Waals surface area contributed by atoms with Gasteiger partial charge in [-0.2, -0.15) is 0 Å². The topological polar surface area (TPSA) is 62.2 Å². The molecule has 2 heterocycles. The van der Waals surface area contributed by atoms with Gasteiger partial charge in [0, 0.05) is 39.3 Å². The molecule has 2 rings (SSSR count). The molecule has 23 heavy (non-hydrogen) atoms. The normalized spacial score (nSPS) is 25.8. The quantitative estimate of drug-likeness (QED) is 0.747. The third-order valence-electron chi connectivity index (χ3n) is 4.54. The maximum atomic E-state index is 12.8. The predicted molar refractivity (Wildman–Crippen MR) is 88.3 cm³/mol. The summed E-state index contributed by atoms with van der Waals surface area (Å²) >= 11 is 0.